The van der Waals surface area contributed by atoms with Crippen LogP contribution in [0.15, 0.2) is 35.5 Å². The summed E-state index contributed by atoms with van der Waals surface area (Å²) in [6.07, 6.45) is 6.48. The molecule has 0 bridgehead atoms. The SMILES string of the molecule is C=Cc1c(C2CC2)ccc(N(CS)CBr)c1C=C.C=NN=C. The maximum Gasteiger partial charge on any atom is 0.0744 e. The lowest BCUT2D eigenvalue weighted by molar-refractivity contribution is 1.06. The second kappa shape index (κ2) is 9.64. The first kappa shape index (κ1) is 18.7. The quantitative estimate of drug-likeness (QED) is 0.173. The van der Waals surface area contributed by atoms with Crippen LogP contribution in [0.3, 0.4) is 0 Å². The van der Waals surface area contributed by atoms with Crippen molar-refractivity contribution in [3.63, 3.8) is 0 Å². The molecule has 0 atom stereocenters. The summed E-state index contributed by atoms with van der Waals surface area (Å²) >= 11 is 7.87. The first-order valence-corrected chi connectivity index (χ1v) is 8.69. The van der Waals surface area contributed by atoms with Gasteiger partial charge in [-0.05, 0) is 36.0 Å². The number of benzene rings is 1. The maximum absolute atomic E-state index is 4.37. The Kier molecular flexibility index (Phi) is 8.20. The Balaban J connectivity index is 0.000000541. The van der Waals surface area contributed by atoms with E-state index in [1.54, 1.807) is 0 Å². The predicted molar refractivity (Wildman–Crippen MR) is 108 cm³/mol. The molecule has 1 aromatic rings. The molecule has 0 saturated heterocycles. The minimum absolute atomic E-state index is 0.672. The van der Waals surface area contributed by atoms with Gasteiger partial charge in [0.15, 0.2) is 0 Å². The van der Waals surface area contributed by atoms with Gasteiger partial charge in [0.2, 0.25) is 0 Å². The number of nitrogens with zero attached hydrogens (tertiary/aromatic N) is 3. The molecule has 0 unspecified atom stereocenters. The molecule has 0 radical (unpaired) electrons. The topological polar surface area (TPSA) is 28.0 Å². The molecular formula is C17H22BrN3S. The Morgan fingerprint density at radius 2 is 1.77 bits per heavy atom. The third-order valence-electron chi connectivity index (χ3n) is 3.48. The van der Waals surface area contributed by atoms with Crippen molar-refractivity contribution in [3.05, 3.63) is 42.0 Å². The third kappa shape index (κ3) is 4.58. The van der Waals surface area contributed by atoms with E-state index in [0.29, 0.717) is 5.88 Å². The molecule has 0 N–H and O–H groups in total. The number of halogens is 1. The summed E-state index contributed by atoms with van der Waals surface area (Å²) in [7, 11) is 0. The fourth-order valence-corrected chi connectivity index (χ4v) is 3.26. The fourth-order valence-electron chi connectivity index (χ4n) is 2.29. The fraction of sp³-hybridized carbons (Fsp3) is 0.294. The van der Waals surface area contributed by atoms with Crippen molar-refractivity contribution in [3.8, 4) is 0 Å². The summed E-state index contributed by atoms with van der Waals surface area (Å²) < 4.78 is 0. The summed E-state index contributed by atoms with van der Waals surface area (Å²) in [4.78, 5) is 2.16. The van der Waals surface area contributed by atoms with Crippen LogP contribution in [0.25, 0.3) is 12.2 Å². The lowest BCUT2D eigenvalue weighted by atomic mass is 9.95. The van der Waals surface area contributed by atoms with Crippen LogP contribution in [0.4, 0.5) is 5.69 Å². The molecular weight excluding hydrogens is 358 g/mol. The molecule has 22 heavy (non-hydrogen) atoms. The Hall–Kier alpha value is -1.33. The average molecular weight is 380 g/mol. The smallest absolute Gasteiger partial charge is 0.0744 e. The number of thiol groups is 1. The molecule has 118 valence electrons. The van der Waals surface area contributed by atoms with Gasteiger partial charge in [0.1, 0.15) is 0 Å². The van der Waals surface area contributed by atoms with Crippen molar-refractivity contribution in [1.82, 2.24) is 0 Å². The van der Waals surface area contributed by atoms with Gasteiger partial charge >= 0.3 is 0 Å². The van der Waals surface area contributed by atoms with Gasteiger partial charge in [-0.2, -0.15) is 22.8 Å². The van der Waals surface area contributed by atoms with E-state index in [1.807, 2.05) is 12.2 Å². The zero-order valence-corrected chi connectivity index (χ0v) is 15.2. The van der Waals surface area contributed by atoms with Crippen LogP contribution in [0.2, 0.25) is 0 Å². The Morgan fingerprint density at radius 1 is 1.18 bits per heavy atom. The van der Waals surface area contributed by atoms with E-state index < -0.39 is 0 Å². The van der Waals surface area contributed by atoms with Gasteiger partial charge in [-0.15, -0.1) is 0 Å². The molecule has 0 heterocycles. The van der Waals surface area contributed by atoms with Gasteiger partial charge in [0.05, 0.1) is 11.3 Å². The van der Waals surface area contributed by atoms with E-state index in [2.05, 4.69) is 82.4 Å². The van der Waals surface area contributed by atoms with E-state index in [4.69, 9.17) is 0 Å². The number of hydrogen-bond donors (Lipinski definition) is 1. The lowest BCUT2D eigenvalue weighted by Gasteiger charge is -2.24. The monoisotopic (exact) mass is 379 g/mol. The highest BCUT2D eigenvalue weighted by Crippen LogP contribution is 2.44. The Bertz CT molecular complexity index is 543. The average Bonchev–Trinajstić information content (AvgIpc) is 3.40. The van der Waals surface area contributed by atoms with Gasteiger partial charge in [-0.3, -0.25) is 0 Å². The van der Waals surface area contributed by atoms with E-state index in [9.17, 15) is 0 Å². The van der Waals surface area contributed by atoms with Crippen LogP contribution < -0.4 is 4.90 Å². The Morgan fingerprint density at radius 3 is 2.14 bits per heavy atom. The highest BCUT2D eigenvalue weighted by Gasteiger charge is 2.27. The number of alkyl halides is 1. The summed E-state index contributed by atoms with van der Waals surface area (Å²) in [6, 6.07) is 4.41. The van der Waals surface area contributed by atoms with Crippen LogP contribution in [0.5, 0.6) is 0 Å². The highest BCUT2D eigenvalue weighted by molar-refractivity contribution is 9.09. The van der Waals surface area contributed by atoms with Gasteiger partial charge in [-0.1, -0.05) is 47.3 Å². The van der Waals surface area contributed by atoms with Crippen molar-refractivity contribution >= 4 is 59.8 Å². The molecule has 0 aliphatic heterocycles. The van der Waals surface area contributed by atoms with Crippen LogP contribution in [0, 0.1) is 0 Å². The van der Waals surface area contributed by atoms with Crippen molar-refractivity contribution in [2.24, 2.45) is 10.2 Å². The van der Waals surface area contributed by atoms with Gasteiger partial charge < -0.3 is 4.90 Å². The Labute approximate surface area is 147 Å². The van der Waals surface area contributed by atoms with Crippen molar-refractivity contribution < 1.29 is 0 Å². The zero-order valence-electron chi connectivity index (χ0n) is 12.7. The summed E-state index contributed by atoms with van der Waals surface area (Å²) in [6.45, 7) is 13.9. The van der Waals surface area contributed by atoms with Crippen molar-refractivity contribution in [1.29, 1.82) is 0 Å². The van der Waals surface area contributed by atoms with Crippen LogP contribution >= 0.6 is 28.6 Å². The van der Waals surface area contributed by atoms with Gasteiger partial charge in [0, 0.05) is 24.7 Å². The molecule has 0 spiro atoms. The molecule has 1 saturated carbocycles. The van der Waals surface area contributed by atoms with Gasteiger partial charge in [0.25, 0.3) is 0 Å². The third-order valence-corrected chi connectivity index (χ3v) is 4.43. The number of rotatable bonds is 7. The zero-order chi connectivity index (χ0) is 16.5. The molecule has 1 aromatic carbocycles. The molecule has 1 fully saturated rings. The van der Waals surface area contributed by atoms with E-state index >= 15 is 0 Å². The summed E-state index contributed by atoms with van der Waals surface area (Å²) in [5, 5.41) is 6.00. The minimum Gasteiger partial charge on any atom is -0.352 e. The molecule has 0 amide bonds. The highest BCUT2D eigenvalue weighted by atomic mass is 79.9. The van der Waals surface area contributed by atoms with Crippen LogP contribution in [-0.2, 0) is 0 Å². The number of hydrogen-bond acceptors (Lipinski definition) is 4. The van der Waals surface area contributed by atoms with E-state index in [1.165, 1.54) is 29.5 Å². The minimum atomic E-state index is 0.672. The molecule has 1 aliphatic carbocycles. The second-order valence-corrected chi connectivity index (χ2v) is 5.55. The first-order valence-electron chi connectivity index (χ1n) is 6.93. The molecule has 0 aromatic heterocycles. The van der Waals surface area contributed by atoms with E-state index in [-0.39, 0.29) is 0 Å². The molecule has 2 rings (SSSR count). The standard InChI is InChI=1S/C15H18BrNS.C2H4N2/c1-3-12-13(4-2)15(17(9-16)10-18)8-7-14(12)11-5-6-11;1-3-4-2/h3-4,7-8,11,18H,1-2,5-6,9-10H2;1-2H2. The molecule has 3 nitrogen and oxygen atoms in total. The second-order valence-electron chi connectivity index (χ2n) is 4.77. The maximum atomic E-state index is 4.37. The van der Waals surface area contributed by atoms with Crippen LogP contribution in [-0.4, -0.2) is 24.8 Å². The van der Waals surface area contributed by atoms with Crippen molar-refractivity contribution in [2.45, 2.75) is 18.8 Å². The summed E-state index contributed by atoms with van der Waals surface area (Å²) in [5.41, 5.74) is 5.74. The normalized spacial score (nSPS) is 12.6. The van der Waals surface area contributed by atoms with E-state index in [0.717, 1.165) is 17.1 Å². The van der Waals surface area contributed by atoms with Gasteiger partial charge in [-0.25, -0.2) is 0 Å². The molecule has 1 aliphatic rings. The summed E-state index contributed by atoms with van der Waals surface area (Å²) in [5.74, 6) is 1.39. The lowest BCUT2D eigenvalue weighted by Crippen LogP contribution is -2.20. The predicted octanol–water partition coefficient (Wildman–Crippen LogP) is 5.20. The van der Waals surface area contributed by atoms with Crippen molar-refractivity contribution in [2.75, 3.05) is 16.2 Å². The molecule has 5 heteroatoms. The largest absolute Gasteiger partial charge is 0.352 e. The van der Waals surface area contributed by atoms with Crippen LogP contribution in [0.1, 0.15) is 35.4 Å². The number of anilines is 1. The first-order chi connectivity index (χ1) is 10.7.